The molecular formula is C27H22N2O4. The molecule has 0 atom stereocenters. The van der Waals surface area contributed by atoms with Gasteiger partial charge in [-0.05, 0) is 56.3 Å². The zero-order valence-electron chi connectivity index (χ0n) is 18.3. The highest BCUT2D eigenvalue weighted by Gasteiger charge is 2.17. The van der Waals surface area contributed by atoms with Gasteiger partial charge < -0.3 is 10.1 Å². The summed E-state index contributed by atoms with van der Waals surface area (Å²) in [6, 6.07) is 23.4. The average molecular weight is 438 g/mol. The fourth-order valence-corrected chi connectivity index (χ4v) is 3.46. The lowest BCUT2D eigenvalue weighted by molar-refractivity contribution is -0.119. The number of benzene rings is 3. The van der Waals surface area contributed by atoms with Crippen molar-refractivity contribution in [1.82, 2.24) is 4.98 Å². The zero-order chi connectivity index (χ0) is 23.4. The Morgan fingerprint density at radius 3 is 2.33 bits per heavy atom. The number of hydrogen-bond acceptors (Lipinski definition) is 5. The highest BCUT2D eigenvalue weighted by molar-refractivity contribution is 6.05. The first kappa shape index (κ1) is 21.9. The minimum atomic E-state index is -0.604. The van der Waals surface area contributed by atoms with E-state index < -0.39 is 18.5 Å². The third kappa shape index (κ3) is 5.13. The Balaban J connectivity index is 1.54. The molecule has 0 aliphatic heterocycles. The van der Waals surface area contributed by atoms with E-state index in [1.54, 1.807) is 30.3 Å². The van der Waals surface area contributed by atoms with E-state index in [4.69, 9.17) is 4.74 Å². The van der Waals surface area contributed by atoms with Crippen LogP contribution in [0.2, 0.25) is 0 Å². The van der Waals surface area contributed by atoms with Crippen molar-refractivity contribution >= 4 is 34.3 Å². The van der Waals surface area contributed by atoms with Crippen LogP contribution < -0.4 is 5.32 Å². The second kappa shape index (κ2) is 9.44. The molecular weight excluding hydrogens is 416 g/mol. The molecule has 0 unspecified atom stereocenters. The van der Waals surface area contributed by atoms with Crippen molar-refractivity contribution in [3.05, 3.63) is 95.6 Å². The summed E-state index contributed by atoms with van der Waals surface area (Å²) in [5, 5.41) is 3.33. The van der Waals surface area contributed by atoms with Crippen molar-refractivity contribution in [2.24, 2.45) is 0 Å². The monoisotopic (exact) mass is 438 g/mol. The number of ketones is 1. The number of aryl methyl sites for hydroxylation is 1. The number of Topliss-reactive ketones (excluding diaryl/α,β-unsaturated/α-hetero) is 1. The second-order valence-corrected chi connectivity index (χ2v) is 7.70. The molecule has 0 saturated heterocycles. The van der Waals surface area contributed by atoms with Gasteiger partial charge in [-0.1, -0.05) is 42.0 Å². The molecule has 1 heterocycles. The van der Waals surface area contributed by atoms with Gasteiger partial charge in [-0.15, -0.1) is 0 Å². The molecule has 3 aromatic carbocycles. The maximum Gasteiger partial charge on any atom is 0.339 e. The average Bonchev–Trinajstić information content (AvgIpc) is 2.82. The number of ether oxygens (including phenoxy) is 1. The topological polar surface area (TPSA) is 85.4 Å². The smallest absolute Gasteiger partial charge is 0.339 e. The predicted molar refractivity (Wildman–Crippen MR) is 127 cm³/mol. The third-order valence-electron chi connectivity index (χ3n) is 5.16. The van der Waals surface area contributed by atoms with Crippen molar-refractivity contribution in [3.63, 3.8) is 0 Å². The highest BCUT2D eigenvalue weighted by Crippen LogP contribution is 2.26. The molecule has 164 valence electrons. The van der Waals surface area contributed by atoms with Gasteiger partial charge in [0.15, 0.2) is 12.4 Å². The standard InChI is InChI=1S/C27H22N2O4/c1-17-8-13-24-22(14-17)23(15-25(29-24)20-6-4-3-5-7-20)27(32)33-16-26(31)28-21-11-9-19(10-12-21)18(2)30/h3-15H,16H2,1-2H3,(H,28,31). The van der Waals surface area contributed by atoms with Gasteiger partial charge in [-0.25, -0.2) is 9.78 Å². The lowest BCUT2D eigenvalue weighted by Crippen LogP contribution is -2.21. The number of nitrogens with zero attached hydrogens (tertiary/aromatic N) is 1. The maximum atomic E-state index is 13.0. The molecule has 1 aromatic heterocycles. The number of anilines is 1. The van der Waals surface area contributed by atoms with E-state index in [9.17, 15) is 14.4 Å². The number of rotatable bonds is 6. The van der Waals surface area contributed by atoms with Crippen molar-refractivity contribution < 1.29 is 19.1 Å². The molecule has 0 saturated carbocycles. The summed E-state index contributed by atoms with van der Waals surface area (Å²) in [6.07, 6.45) is 0. The summed E-state index contributed by atoms with van der Waals surface area (Å²) in [7, 11) is 0. The Labute approximate surface area is 191 Å². The van der Waals surface area contributed by atoms with Crippen LogP contribution >= 0.6 is 0 Å². The van der Waals surface area contributed by atoms with Crippen LogP contribution in [0.5, 0.6) is 0 Å². The van der Waals surface area contributed by atoms with Gasteiger partial charge in [0, 0.05) is 22.2 Å². The van der Waals surface area contributed by atoms with Gasteiger partial charge in [0.1, 0.15) is 0 Å². The van der Waals surface area contributed by atoms with E-state index in [2.05, 4.69) is 10.3 Å². The summed E-state index contributed by atoms with van der Waals surface area (Å²) in [5.41, 5.74) is 4.59. The number of carbonyl (C=O) groups excluding carboxylic acids is 3. The van der Waals surface area contributed by atoms with Crippen molar-refractivity contribution in [2.45, 2.75) is 13.8 Å². The van der Waals surface area contributed by atoms with Gasteiger partial charge in [-0.3, -0.25) is 9.59 Å². The quantitative estimate of drug-likeness (QED) is 0.330. The van der Waals surface area contributed by atoms with Crippen LogP contribution in [-0.4, -0.2) is 29.3 Å². The Kier molecular flexibility index (Phi) is 6.26. The fraction of sp³-hybridized carbons (Fsp3) is 0.111. The van der Waals surface area contributed by atoms with Crippen LogP contribution in [0.25, 0.3) is 22.2 Å². The summed E-state index contributed by atoms with van der Waals surface area (Å²) >= 11 is 0. The molecule has 1 N–H and O–H groups in total. The molecule has 0 spiro atoms. The molecule has 4 aromatic rings. The first-order valence-corrected chi connectivity index (χ1v) is 10.5. The van der Waals surface area contributed by atoms with Crippen LogP contribution in [-0.2, 0) is 9.53 Å². The van der Waals surface area contributed by atoms with E-state index in [1.165, 1.54) is 6.92 Å². The normalized spacial score (nSPS) is 10.6. The van der Waals surface area contributed by atoms with Crippen LogP contribution in [0, 0.1) is 6.92 Å². The zero-order valence-corrected chi connectivity index (χ0v) is 18.3. The molecule has 1 amide bonds. The van der Waals surface area contributed by atoms with Crippen molar-refractivity contribution in [3.8, 4) is 11.3 Å². The highest BCUT2D eigenvalue weighted by atomic mass is 16.5. The van der Waals surface area contributed by atoms with Gasteiger partial charge in [0.25, 0.3) is 5.91 Å². The van der Waals surface area contributed by atoms with E-state index in [-0.39, 0.29) is 5.78 Å². The number of esters is 1. The summed E-state index contributed by atoms with van der Waals surface area (Å²) in [4.78, 5) is 41.3. The Hall–Kier alpha value is -4.32. The molecule has 0 aliphatic rings. The lowest BCUT2D eigenvalue weighted by atomic mass is 10.0. The first-order chi connectivity index (χ1) is 15.9. The number of hydrogen-bond donors (Lipinski definition) is 1. The van der Waals surface area contributed by atoms with Gasteiger partial charge >= 0.3 is 5.97 Å². The second-order valence-electron chi connectivity index (χ2n) is 7.70. The van der Waals surface area contributed by atoms with Crippen LogP contribution in [0.3, 0.4) is 0 Å². The van der Waals surface area contributed by atoms with Crippen molar-refractivity contribution in [1.29, 1.82) is 0 Å². The van der Waals surface area contributed by atoms with Crippen molar-refractivity contribution in [2.75, 3.05) is 11.9 Å². The van der Waals surface area contributed by atoms with Crippen LogP contribution in [0.15, 0.2) is 78.9 Å². The van der Waals surface area contributed by atoms with E-state index in [0.717, 1.165) is 11.1 Å². The number of pyridine rings is 1. The van der Waals surface area contributed by atoms with Crippen LogP contribution in [0.1, 0.15) is 33.2 Å². The van der Waals surface area contributed by atoms with Gasteiger partial charge in [-0.2, -0.15) is 0 Å². The molecule has 4 rings (SSSR count). The molecule has 0 fully saturated rings. The maximum absolute atomic E-state index is 13.0. The number of amides is 1. The molecule has 33 heavy (non-hydrogen) atoms. The molecule has 0 aliphatic carbocycles. The van der Waals surface area contributed by atoms with Crippen LogP contribution in [0.4, 0.5) is 5.69 Å². The summed E-state index contributed by atoms with van der Waals surface area (Å²) in [5.74, 6) is -1.14. The van der Waals surface area contributed by atoms with Gasteiger partial charge in [0.05, 0.1) is 16.8 Å². The molecule has 6 heteroatoms. The third-order valence-corrected chi connectivity index (χ3v) is 5.16. The fourth-order valence-electron chi connectivity index (χ4n) is 3.46. The minimum Gasteiger partial charge on any atom is -0.452 e. The molecule has 0 radical (unpaired) electrons. The van der Waals surface area contributed by atoms with Gasteiger partial charge in [0.2, 0.25) is 0 Å². The first-order valence-electron chi connectivity index (χ1n) is 10.5. The van der Waals surface area contributed by atoms with E-state index >= 15 is 0 Å². The van der Waals surface area contributed by atoms with E-state index in [1.807, 2.05) is 55.5 Å². The Bertz CT molecular complexity index is 1350. The molecule has 6 nitrogen and oxygen atoms in total. The number of carbonyl (C=O) groups is 3. The lowest BCUT2D eigenvalue weighted by Gasteiger charge is -2.11. The minimum absolute atomic E-state index is 0.0588. The van der Waals surface area contributed by atoms with E-state index in [0.29, 0.717) is 33.4 Å². The number of nitrogens with one attached hydrogen (secondary N) is 1. The number of fused-ring (bicyclic) bond motifs is 1. The number of aromatic nitrogens is 1. The Morgan fingerprint density at radius 1 is 0.909 bits per heavy atom. The summed E-state index contributed by atoms with van der Waals surface area (Å²) < 4.78 is 5.33. The SMILES string of the molecule is CC(=O)c1ccc(NC(=O)COC(=O)c2cc(-c3ccccc3)nc3ccc(C)cc23)cc1. The molecule has 0 bridgehead atoms. The largest absolute Gasteiger partial charge is 0.452 e. The predicted octanol–water partition coefficient (Wildman–Crippen LogP) is 5.21. The Morgan fingerprint density at radius 2 is 1.64 bits per heavy atom. The summed E-state index contributed by atoms with van der Waals surface area (Å²) in [6.45, 7) is 2.97.